The maximum atomic E-state index is 13.2. The lowest BCUT2D eigenvalue weighted by Gasteiger charge is -2.35. The second kappa shape index (κ2) is 17.0. The van der Waals surface area contributed by atoms with Crippen LogP contribution in [0.1, 0.15) is 75.5 Å². The SMILES string of the molecule is C=C/C=C(/F)C=C.CC.CCCC(C=O)C1CCc2c(C)nc(-c3ccnc(C(F)(F)F)c3)nc2C1/C=C(\C)C#N. The molecule has 2 aromatic heterocycles. The highest BCUT2D eigenvalue weighted by molar-refractivity contribution is 5.58. The van der Waals surface area contributed by atoms with E-state index in [-0.39, 0.29) is 35.0 Å². The number of carbonyl (C=O) groups excluding carboxylic acids is 1. The van der Waals surface area contributed by atoms with Gasteiger partial charge in [0.05, 0.1) is 11.8 Å². The first-order valence-corrected chi connectivity index (χ1v) is 13.6. The first kappa shape index (κ1) is 35.1. The number of aryl methyl sites for hydroxylation is 1. The monoisotopic (exact) mass is 570 g/mol. The molecule has 2 heterocycles. The minimum absolute atomic E-state index is 0.0337. The average Bonchev–Trinajstić information content (AvgIpc) is 2.97. The van der Waals surface area contributed by atoms with Gasteiger partial charge in [-0.05, 0) is 68.9 Å². The van der Waals surface area contributed by atoms with Gasteiger partial charge < -0.3 is 4.79 Å². The van der Waals surface area contributed by atoms with E-state index in [0.717, 1.165) is 49.5 Å². The second-order valence-electron chi connectivity index (χ2n) is 9.19. The normalized spacial score (nSPS) is 17.4. The number of alkyl halides is 3. The zero-order valence-electron chi connectivity index (χ0n) is 24.3. The van der Waals surface area contributed by atoms with Gasteiger partial charge in [0.25, 0.3) is 0 Å². The summed E-state index contributed by atoms with van der Waals surface area (Å²) >= 11 is 0. The molecule has 0 aliphatic heterocycles. The summed E-state index contributed by atoms with van der Waals surface area (Å²) in [5.74, 6) is -0.675. The predicted molar refractivity (Wildman–Crippen MR) is 154 cm³/mol. The lowest BCUT2D eigenvalue weighted by molar-refractivity contribution is -0.141. The van der Waals surface area contributed by atoms with Gasteiger partial charge >= 0.3 is 6.18 Å². The standard InChI is InChI=1S/C24H25F3N4O.C6H7F.C2H6/c1-4-5-17(13-32)19-7-6-18-15(3)30-23(31-22(18)20(19)10-14(2)12-28)16-8-9-29-21(11-16)24(25,26)27;1-3-5-6(7)4-2;1-2/h8-11,13,17,19-20H,4-7H2,1-3H3;3-5H,1-2H2;1-2H3/b14-10+;6-5+;. The second-order valence-corrected chi connectivity index (χ2v) is 9.19. The van der Waals surface area contributed by atoms with Gasteiger partial charge in [0.1, 0.15) is 17.8 Å². The summed E-state index contributed by atoms with van der Waals surface area (Å²) in [5.41, 5.74) is 2.04. The summed E-state index contributed by atoms with van der Waals surface area (Å²) in [5, 5.41) is 9.36. The summed E-state index contributed by atoms with van der Waals surface area (Å²) < 4.78 is 51.3. The van der Waals surface area contributed by atoms with Crippen LogP contribution in [0.2, 0.25) is 0 Å². The maximum absolute atomic E-state index is 13.2. The number of pyridine rings is 1. The Morgan fingerprint density at radius 1 is 1.27 bits per heavy atom. The third kappa shape index (κ3) is 9.89. The van der Waals surface area contributed by atoms with Crippen molar-refractivity contribution in [3.8, 4) is 17.5 Å². The number of aromatic nitrogens is 3. The van der Waals surface area contributed by atoms with Crippen molar-refractivity contribution in [2.24, 2.45) is 11.8 Å². The molecule has 2 aromatic rings. The molecule has 3 unspecified atom stereocenters. The van der Waals surface area contributed by atoms with Gasteiger partial charge in [-0.25, -0.2) is 14.4 Å². The van der Waals surface area contributed by atoms with Crippen molar-refractivity contribution in [1.29, 1.82) is 5.26 Å². The van der Waals surface area contributed by atoms with Gasteiger partial charge in [-0.3, -0.25) is 4.98 Å². The molecule has 3 atom stereocenters. The Bertz CT molecular complexity index is 1290. The fraction of sp³-hybridized carbons (Fsp3) is 0.406. The number of carbonyl (C=O) groups is 1. The Morgan fingerprint density at radius 3 is 2.46 bits per heavy atom. The zero-order valence-corrected chi connectivity index (χ0v) is 24.3. The molecule has 9 heteroatoms. The van der Waals surface area contributed by atoms with Crippen molar-refractivity contribution in [2.75, 3.05) is 0 Å². The lowest BCUT2D eigenvalue weighted by atomic mass is 9.70. The van der Waals surface area contributed by atoms with Crippen LogP contribution in [0.25, 0.3) is 11.4 Å². The number of halogens is 4. The smallest absolute Gasteiger partial charge is 0.303 e. The number of rotatable bonds is 8. The minimum atomic E-state index is -4.57. The number of nitrogens with zero attached hydrogens (tertiary/aromatic N) is 4. The molecular formula is C32H38F4N4O. The molecule has 0 radical (unpaired) electrons. The van der Waals surface area contributed by atoms with Crippen molar-refractivity contribution >= 4 is 6.29 Å². The van der Waals surface area contributed by atoms with Gasteiger partial charge in [-0.15, -0.1) is 0 Å². The van der Waals surface area contributed by atoms with Crippen molar-refractivity contribution in [3.05, 3.63) is 89.8 Å². The molecule has 0 fully saturated rings. The van der Waals surface area contributed by atoms with Crippen LogP contribution in [-0.2, 0) is 17.4 Å². The molecule has 0 saturated carbocycles. The molecule has 1 aliphatic rings. The summed E-state index contributed by atoms with van der Waals surface area (Å²) in [7, 11) is 0. The van der Waals surface area contributed by atoms with Crippen LogP contribution in [0, 0.1) is 30.1 Å². The summed E-state index contributed by atoms with van der Waals surface area (Å²) in [4.78, 5) is 24.4. The van der Waals surface area contributed by atoms with Crippen LogP contribution in [0.15, 0.2) is 67.2 Å². The van der Waals surface area contributed by atoms with E-state index in [9.17, 15) is 27.6 Å². The Hall–Kier alpha value is -3.93. The van der Waals surface area contributed by atoms with Gasteiger partial charge in [0.15, 0.2) is 5.82 Å². The van der Waals surface area contributed by atoms with Crippen LogP contribution < -0.4 is 0 Å². The zero-order chi connectivity index (χ0) is 31.2. The average molecular weight is 571 g/mol. The highest BCUT2D eigenvalue weighted by Crippen LogP contribution is 2.43. The molecule has 0 spiro atoms. The molecule has 0 bridgehead atoms. The quantitative estimate of drug-likeness (QED) is 0.137. The fourth-order valence-corrected chi connectivity index (χ4v) is 4.64. The number of hydrogen-bond acceptors (Lipinski definition) is 5. The van der Waals surface area contributed by atoms with E-state index in [1.807, 2.05) is 33.8 Å². The largest absolute Gasteiger partial charge is 0.433 e. The van der Waals surface area contributed by atoms with Gasteiger partial charge in [-0.1, -0.05) is 52.5 Å². The highest BCUT2D eigenvalue weighted by atomic mass is 19.4. The third-order valence-electron chi connectivity index (χ3n) is 6.48. The van der Waals surface area contributed by atoms with E-state index in [1.54, 1.807) is 6.92 Å². The molecule has 220 valence electrons. The molecule has 0 N–H and O–H groups in total. The van der Waals surface area contributed by atoms with E-state index < -0.39 is 11.9 Å². The number of allylic oxidation sites excluding steroid dienone is 6. The third-order valence-corrected chi connectivity index (χ3v) is 6.48. The lowest BCUT2D eigenvalue weighted by Crippen LogP contribution is -2.29. The van der Waals surface area contributed by atoms with E-state index in [2.05, 4.69) is 34.2 Å². The fourth-order valence-electron chi connectivity index (χ4n) is 4.64. The summed E-state index contributed by atoms with van der Waals surface area (Å²) in [6.07, 6.45) is 6.10. The number of fused-ring (bicyclic) bond motifs is 1. The molecule has 0 amide bonds. The molecule has 0 saturated heterocycles. The number of hydrogen-bond donors (Lipinski definition) is 0. The maximum Gasteiger partial charge on any atom is 0.433 e. The highest BCUT2D eigenvalue weighted by Gasteiger charge is 2.36. The Balaban J connectivity index is 0.000000816. The topological polar surface area (TPSA) is 79.5 Å². The van der Waals surface area contributed by atoms with Gasteiger partial charge in [0.2, 0.25) is 0 Å². The van der Waals surface area contributed by atoms with Crippen LogP contribution in [0.3, 0.4) is 0 Å². The van der Waals surface area contributed by atoms with E-state index >= 15 is 0 Å². The van der Waals surface area contributed by atoms with Crippen LogP contribution in [0.5, 0.6) is 0 Å². The number of aldehydes is 1. The van der Waals surface area contributed by atoms with E-state index in [1.165, 1.54) is 18.2 Å². The van der Waals surface area contributed by atoms with Crippen molar-refractivity contribution in [3.63, 3.8) is 0 Å². The van der Waals surface area contributed by atoms with E-state index in [4.69, 9.17) is 0 Å². The van der Waals surface area contributed by atoms with Gasteiger partial charge in [-0.2, -0.15) is 18.4 Å². The Labute approximate surface area is 240 Å². The Morgan fingerprint density at radius 2 is 1.95 bits per heavy atom. The Kier molecular flexibility index (Phi) is 14.6. The molecule has 1 aliphatic carbocycles. The molecule has 41 heavy (non-hydrogen) atoms. The first-order valence-electron chi connectivity index (χ1n) is 13.6. The van der Waals surface area contributed by atoms with Crippen LogP contribution in [0.4, 0.5) is 17.6 Å². The van der Waals surface area contributed by atoms with Crippen molar-refractivity contribution < 1.29 is 22.4 Å². The molecule has 5 nitrogen and oxygen atoms in total. The van der Waals surface area contributed by atoms with Crippen LogP contribution in [-0.4, -0.2) is 21.2 Å². The van der Waals surface area contributed by atoms with Crippen molar-refractivity contribution in [2.45, 2.75) is 72.4 Å². The minimum Gasteiger partial charge on any atom is -0.303 e. The predicted octanol–water partition coefficient (Wildman–Crippen LogP) is 8.83. The molecular weight excluding hydrogens is 532 g/mol. The molecule has 0 aromatic carbocycles. The van der Waals surface area contributed by atoms with Crippen LogP contribution >= 0.6 is 0 Å². The van der Waals surface area contributed by atoms with Crippen molar-refractivity contribution in [1.82, 2.24) is 15.0 Å². The summed E-state index contributed by atoms with van der Waals surface area (Å²) in [6.45, 7) is 16.0. The number of nitriles is 1. The summed E-state index contributed by atoms with van der Waals surface area (Å²) in [6, 6.07) is 4.53. The molecule has 3 rings (SSSR count). The van der Waals surface area contributed by atoms with Gasteiger partial charge in [0, 0.05) is 34.9 Å². The first-order chi connectivity index (χ1) is 19.5. The van der Waals surface area contributed by atoms with E-state index in [0.29, 0.717) is 23.4 Å².